The number of carbonyl (C=O) groups excluding carboxylic acids is 3. The molecule has 0 radical (unpaired) electrons. The molecule has 1 atom stereocenters. The number of aromatic nitrogens is 1. The SMILES string of the molecule is CCCC(C(=O)NC(C)(C)C)N(Cc1ccco1)C(=O)c1snc(C(N)=O)c1N. The van der Waals surface area contributed by atoms with Gasteiger partial charge in [-0.3, -0.25) is 14.4 Å². The Kier molecular flexibility index (Phi) is 7.02. The number of nitrogens with one attached hydrogen (secondary N) is 1. The van der Waals surface area contributed by atoms with Crippen LogP contribution in [0.5, 0.6) is 0 Å². The fraction of sp³-hybridized carbons (Fsp3) is 0.474. The minimum atomic E-state index is -0.814. The Hall–Kier alpha value is -2.88. The Morgan fingerprint density at radius 1 is 1.34 bits per heavy atom. The van der Waals surface area contributed by atoms with E-state index in [9.17, 15) is 14.4 Å². The quantitative estimate of drug-likeness (QED) is 0.595. The fourth-order valence-corrected chi connectivity index (χ4v) is 3.57. The normalized spacial score (nSPS) is 12.4. The second kappa shape index (κ2) is 9.08. The van der Waals surface area contributed by atoms with Crippen molar-refractivity contribution in [3.63, 3.8) is 0 Å². The summed E-state index contributed by atoms with van der Waals surface area (Å²) < 4.78 is 9.29. The van der Waals surface area contributed by atoms with E-state index >= 15 is 0 Å². The van der Waals surface area contributed by atoms with Gasteiger partial charge in [-0.15, -0.1) is 0 Å². The maximum absolute atomic E-state index is 13.4. The standard InChI is InChI=1S/C19H27N5O4S/c1-5-7-12(17(26)22-19(2,3)4)24(10-11-8-6-9-28-11)18(27)15-13(20)14(16(21)25)23-29-15/h6,8-9,12H,5,7,10,20H2,1-4H3,(H2,21,25)(H,22,26). The summed E-state index contributed by atoms with van der Waals surface area (Å²) in [5.74, 6) is -1.09. The minimum absolute atomic E-state index is 0.0648. The first-order valence-corrected chi connectivity index (χ1v) is 10.0. The maximum atomic E-state index is 13.4. The number of nitrogens with zero attached hydrogens (tertiary/aromatic N) is 2. The molecule has 9 nitrogen and oxygen atoms in total. The summed E-state index contributed by atoms with van der Waals surface area (Å²) in [5, 5.41) is 2.93. The molecular formula is C19H27N5O4S. The van der Waals surface area contributed by atoms with Gasteiger partial charge in [-0.25, -0.2) is 0 Å². The fourth-order valence-electron chi connectivity index (χ4n) is 2.81. The first-order chi connectivity index (χ1) is 13.5. The summed E-state index contributed by atoms with van der Waals surface area (Å²) in [6.45, 7) is 7.60. The summed E-state index contributed by atoms with van der Waals surface area (Å²) >= 11 is 0.785. The van der Waals surface area contributed by atoms with Crippen LogP contribution in [0.25, 0.3) is 0 Å². The number of nitrogens with two attached hydrogens (primary N) is 2. The molecule has 158 valence electrons. The molecule has 0 saturated heterocycles. The highest BCUT2D eigenvalue weighted by molar-refractivity contribution is 7.09. The van der Waals surface area contributed by atoms with E-state index in [1.54, 1.807) is 12.1 Å². The van der Waals surface area contributed by atoms with Crippen molar-refractivity contribution in [3.8, 4) is 0 Å². The van der Waals surface area contributed by atoms with Crippen molar-refractivity contribution in [1.29, 1.82) is 0 Å². The van der Waals surface area contributed by atoms with Crippen LogP contribution in [0.4, 0.5) is 5.69 Å². The molecule has 0 spiro atoms. The molecule has 0 aliphatic carbocycles. The van der Waals surface area contributed by atoms with Crippen LogP contribution < -0.4 is 16.8 Å². The van der Waals surface area contributed by atoms with E-state index in [4.69, 9.17) is 15.9 Å². The smallest absolute Gasteiger partial charge is 0.270 e. The number of amides is 3. The molecule has 0 aliphatic heterocycles. The molecular weight excluding hydrogens is 394 g/mol. The first-order valence-electron chi connectivity index (χ1n) is 9.25. The molecule has 0 fully saturated rings. The Bertz CT molecular complexity index is 870. The van der Waals surface area contributed by atoms with E-state index in [0.29, 0.717) is 18.6 Å². The molecule has 10 heteroatoms. The number of anilines is 1. The van der Waals surface area contributed by atoms with Gasteiger partial charge in [0.25, 0.3) is 11.8 Å². The predicted octanol–water partition coefficient (Wildman–Crippen LogP) is 2.14. The lowest BCUT2D eigenvalue weighted by molar-refractivity contribution is -0.127. The predicted molar refractivity (Wildman–Crippen MR) is 110 cm³/mol. The third kappa shape index (κ3) is 5.57. The van der Waals surface area contributed by atoms with Crippen molar-refractivity contribution >= 4 is 34.9 Å². The molecule has 0 aromatic carbocycles. The lowest BCUT2D eigenvalue weighted by Crippen LogP contribution is -2.53. The molecule has 2 aromatic heterocycles. The second-order valence-corrected chi connectivity index (χ2v) is 8.47. The van der Waals surface area contributed by atoms with E-state index in [1.165, 1.54) is 11.2 Å². The molecule has 2 aromatic rings. The molecule has 0 saturated carbocycles. The van der Waals surface area contributed by atoms with Crippen LogP contribution in [0.15, 0.2) is 22.8 Å². The van der Waals surface area contributed by atoms with Crippen LogP contribution in [0.1, 0.15) is 66.5 Å². The number of hydrogen-bond donors (Lipinski definition) is 3. The van der Waals surface area contributed by atoms with Gasteiger partial charge < -0.3 is 26.1 Å². The van der Waals surface area contributed by atoms with Crippen LogP contribution in [0.2, 0.25) is 0 Å². The Morgan fingerprint density at radius 2 is 2.03 bits per heavy atom. The Morgan fingerprint density at radius 3 is 2.52 bits per heavy atom. The van der Waals surface area contributed by atoms with Gasteiger partial charge in [0.1, 0.15) is 16.7 Å². The van der Waals surface area contributed by atoms with Crippen LogP contribution in [-0.2, 0) is 11.3 Å². The van der Waals surface area contributed by atoms with Gasteiger partial charge in [0.2, 0.25) is 5.91 Å². The van der Waals surface area contributed by atoms with Crippen molar-refractivity contribution in [1.82, 2.24) is 14.6 Å². The van der Waals surface area contributed by atoms with E-state index in [1.807, 2.05) is 27.7 Å². The highest BCUT2D eigenvalue weighted by Gasteiger charge is 2.34. The average molecular weight is 422 g/mol. The first kappa shape index (κ1) is 22.4. The summed E-state index contributed by atoms with van der Waals surface area (Å²) in [5.41, 5.74) is 10.5. The number of furan rings is 1. The number of nitrogen functional groups attached to an aromatic ring is 1. The van der Waals surface area contributed by atoms with Crippen molar-refractivity contribution < 1.29 is 18.8 Å². The van der Waals surface area contributed by atoms with Crippen LogP contribution in [-0.4, -0.2) is 38.6 Å². The Labute approximate surface area is 173 Å². The average Bonchev–Trinajstić information content (AvgIpc) is 3.25. The van der Waals surface area contributed by atoms with Crippen LogP contribution in [0, 0.1) is 0 Å². The van der Waals surface area contributed by atoms with Crippen LogP contribution >= 0.6 is 11.5 Å². The summed E-state index contributed by atoms with van der Waals surface area (Å²) in [7, 11) is 0. The molecule has 29 heavy (non-hydrogen) atoms. The maximum Gasteiger partial charge on any atom is 0.270 e. The topological polar surface area (TPSA) is 145 Å². The molecule has 5 N–H and O–H groups in total. The zero-order chi connectivity index (χ0) is 21.8. The number of hydrogen-bond acceptors (Lipinski definition) is 7. The van der Waals surface area contributed by atoms with Gasteiger partial charge in [-0.2, -0.15) is 4.37 Å². The zero-order valence-electron chi connectivity index (χ0n) is 17.0. The van der Waals surface area contributed by atoms with Crippen molar-refractivity contribution in [2.24, 2.45) is 5.73 Å². The van der Waals surface area contributed by atoms with E-state index in [-0.39, 0.29) is 28.7 Å². The summed E-state index contributed by atoms with van der Waals surface area (Å²) in [6.07, 6.45) is 2.61. The molecule has 0 aliphatic rings. The van der Waals surface area contributed by atoms with E-state index in [0.717, 1.165) is 11.5 Å². The van der Waals surface area contributed by atoms with Gasteiger partial charge >= 0.3 is 0 Å². The third-order valence-corrected chi connectivity index (χ3v) is 4.91. The number of rotatable bonds is 8. The highest BCUT2D eigenvalue weighted by atomic mass is 32.1. The zero-order valence-corrected chi connectivity index (χ0v) is 17.8. The second-order valence-electron chi connectivity index (χ2n) is 7.69. The summed E-state index contributed by atoms with van der Waals surface area (Å²) in [6, 6.07) is 2.67. The summed E-state index contributed by atoms with van der Waals surface area (Å²) in [4.78, 5) is 39.3. The molecule has 2 heterocycles. The van der Waals surface area contributed by atoms with E-state index < -0.39 is 23.4 Å². The molecule has 3 amide bonds. The van der Waals surface area contributed by atoms with Gasteiger partial charge in [0, 0.05) is 5.54 Å². The van der Waals surface area contributed by atoms with Gasteiger partial charge in [-0.05, 0) is 50.9 Å². The lowest BCUT2D eigenvalue weighted by atomic mass is 10.0. The van der Waals surface area contributed by atoms with Gasteiger partial charge in [0.15, 0.2) is 5.69 Å². The van der Waals surface area contributed by atoms with Gasteiger partial charge in [-0.1, -0.05) is 13.3 Å². The third-order valence-electron chi connectivity index (χ3n) is 4.06. The molecule has 2 rings (SSSR count). The molecule has 0 bridgehead atoms. The van der Waals surface area contributed by atoms with E-state index in [2.05, 4.69) is 9.69 Å². The molecule has 1 unspecified atom stereocenters. The van der Waals surface area contributed by atoms with Crippen molar-refractivity contribution in [3.05, 3.63) is 34.7 Å². The Balaban J connectivity index is 2.45. The minimum Gasteiger partial charge on any atom is -0.467 e. The monoisotopic (exact) mass is 421 g/mol. The van der Waals surface area contributed by atoms with Crippen molar-refractivity contribution in [2.75, 3.05) is 5.73 Å². The van der Waals surface area contributed by atoms with Crippen LogP contribution in [0.3, 0.4) is 0 Å². The number of primary amides is 1. The highest BCUT2D eigenvalue weighted by Crippen LogP contribution is 2.26. The van der Waals surface area contributed by atoms with Crippen molar-refractivity contribution in [2.45, 2.75) is 58.7 Å². The number of carbonyl (C=O) groups is 3. The lowest BCUT2D eigenvalue weighted by Gasteiger charge is -2.32. The van der Waals surface area contributed by atoms with Gasteiger partial charge in [0.05, 0.1) is 18.5 Å². The largest absolute Gasteiger partial charge is 0.467 e.